The first-order chi connectivity index (χ1) is 13.1. The number of aromatic nitrogens is 4. The van der Waals surface area contributed by atoms with E-state index in [1.54, 1.807) is 22.6 Å². The van der Waals surface area contributed by atoms with Crippen LogP contribution in [0, 0.1) is 9.39 Å². The van der Waals surface area contributed by atoms with Gasteiger partial charge in [-0.15, -0.1) is 0 Å². The molecule has 0 aliphatic heterocycles. The molecule has 0 saturated carbocycles. The number of aliphatic hydroxyl groups excluding tert-OH is 1. The molecule has 0 aliphatic carbocycles. The minimum atomic E-state index is -4.79. The van der Waals surface area contributed by atoms with Crippen molar-refractivity contribution in [3.8, 4) is 5.69 Å². The highest BCUT2D eigenvalue weighted by Gasteiger charge is 2.36. The van der Waals surface area contributed by atoms with E-state index in [0.717, 1.165) is 33.9 Å². The average molecular weight is 516 g/mol. The van der Waals surface area contributed by atoms with Crippen LogP contribution in [0.4, 0.5) is 26.3 Å². The third-order valence-corrected chi connectivity index (χ3v) is 4.60. The molecule has 0 fully saturated rings. The molecule has 3 aromatic rings. The van der Waals surface area contributed by atoms with Crippen molar-refractivity contribution in [3.63, 3.8) is 0 Å². The number of rotatable bonds is 5. The quantitative estimate of drug-likeness (QED) is 0.409. The van der Waals surface area contributed by atoms with Gasteiger partial charge in [0.05, 0.1) is 17.6 Å². The van der Waals surface area contributed by atoms with Gasteiger partial charge in [-0.1, -0.05) is 0 Å². The summed E-state index contributed by atoms with van der Waals surface area (Å²) in [4.78, 5) is 0. The van der Waals surface area contributed by atoms with Gasteiger partial charge in [-0.05, 0) is 46.9 Å². The second kappa shape index (κ2) is 7.73. The van der Waals surface area contributed by atoms with E-state index in [4.69, 9.17) is 0 Å². The van der Waals surface area contributed by atoms with E-state index < -0.39 is 36.8 Å². The largest absolute Gasteiger partial charge is 0.435 e. The van der Waals surface area contributed by atoms with Gasteiger partial charge < -0.3 is 5.11 Å². The van der Waals surface area contributed by atoms with Crippen LogP contribution in [0.5, 0.6) is 0 Å². The first-order valence-corrected chi connectivity index (χ1v) is 8.75. The molecule has 0 amide bonds. The van der Waals surface area contributed by atoms with Crippen LogP contribution in [0.1, 0.15) is 23.1 Å². The van der Waals surface area contributed by atoms with Crippen LogP contribution in [0.15, 0.2) is 36.7 Å². The summed E-state index contributed by atoms with van der Waals surface area (Å²) in [6.07, 6.45) is -6.92. The fourth-order valence-corrected chi connectivity index (χ4v) is 3.21. The number of hydrogen-bond acceptors (Lipinski definition) is 3. The number of alkyl halides is 5. The second-order valence-electron chi connectivity index (χ2n) is 5.75. The van der Waals surface area contributed by atoms with Crippen molar-refractivity contribution in [3.05, 3.63) is 63.0 Å². The van der Waals surface area contributed by atoms with Gasteiger partial charge in [-0.3, -0.25) is 4.68 Å². The maximum atomic E-state index is 13.4. The molecule has 150 valence electrons. The van der Waals surface area contributed by atoms with Gasteiger partial charge in [0.25, 0.3) is 6.43 Å². The minimum Gasteiger partial charge on any atom is -0.382 e. The van der Waals surface area contributed by atoms with E-state index in [1.165, 1.54) is 6.07 Å². The van der Waals surface area contributed by atoms with Gasteiger partial charge in [0, 0.05) is 15.3 Å². The Kier molecular flexibility index (Phi) is 5.70. The van der Waals surface area contributed by atoms with Gasteiger partial charge >= 0.3 is 6.18 Å². The normalized spacial score (nSPS) is 13.3. The highest BCUT2D eigenvalue weighted by atomic mass is 127. The summed E-state index contributed by atoms with van der Waals surface area (Å²) in [6.45, 7) is -0.727. The van der Waals surface area contributed by atoms with Gasteiger partial charge in [-0.25, -0.2) is 17.9 Å². The molecule has 1 N–H and O–H groups in total. The zero-order valence-corrected chi connectivity index (χ0v) is 15.9. The first-order valence-electron chi connectivity index (χ1n) is 7.67. The van der Waals surface area contributed by atoms with E-state index in [9.17, 15) is 31.4 Å². The van der Waals surface area contributed by atoms with E-state index in [0.29, 0.717) is 6.07 Å². The van der Waals surface area contributed by atoms with E-state index in [-0.39, 0.29) is 20.5 Å². The zero-order valence-electron chi connectivity index (χ0n) is 13.7. The van der Waals surface area contributed by atoms with Crippen molar-refractivity contribution >= 4 is 22.6 Å². The van der Waals surface area contributed by atoms with Crippen LogP contribution in [-0.2, 0) is 12.7 Å². The summed E-state index contributed by atoms with van der Waals surface area (Å²) in [6, 6.07) is 4.01. The fraction of sp³-hybridized carbons (Fsp3) is 0.250. The molecule has 0 saturated heterocycles. The third kappa shape index (κ3) is 4.32. The molecule has 1 unspecified atom stereocenters. The van der Waals surface area contributed by atoms with Crippen LogP contribution < -0.4 is 0 Å². The Morgan fingerprint density at radius 1 is 1.18 bits per heavy atom. The summed E-state index contributed by atoms with van der Waals surface area (Å²) < 4.78 is 79.7. The summed E-state index contributed by atoms with van der Waals surface area (Å²) in [5.74, 6) is -0.591. The lowest BCUT2D eigenvalue weighted by molar-refractivity contribution is -0.141. The molecular formula is C16H11F6IN4O. The Morgan fingerprint density at radius 3 is 2.50 bits per heavy atom. The van der Waals surface area contributed by atoms with Crippen molar-refractivity contribution in [1.82, 2.24) is 19.6 Å². The molecule has 0 radical (unpaired) electrons. The lowest BCUT2D eigenvalue weighted by Gasteiger charge is -2.13. The first kappa shape index (κ1) is 20.6. The maximum Gasteiger partial charge on any atom is 0.435 e. The fourth-order valence-electron chi connectivity index (χ4n) is 2.51. The number of aliphatic hydroxyl groups is 1. The van der Waals surface area contributed by atoms with E-state index >= 15 is 0 Å². The molecular weight excluding hydrogens is 505 g/mol. The van der Waals surface area contributed by atoms with Crippen LogP contribution in [0.2, 0.25) is 0 Å². The Balaban J connectivity index is 2.08. The molecule has 0 spiro atoms. The van der Waals surface area contributed by atoms with Crippen molar-refractivity contribution in [2.24, 2.45) is 0 Å². The third-order valence-electron chi connectivity index (χ3n) is 3.74. The molecule has 0 aliphatic rings. The SMILES string of the molecule is OC(c1cnn(CC(F)F)c1)c1cc(C(F)(F)F)nn1-c1ccc(F)cc1I. The van der Waals surface area contributed by atoms with Gasteiger partial charge in [0.15, 0.2) is 5.69 Å². The predicted molar refractivity (Wildman–Crippen MR) is 93.5 cm³/mol. The minimum absolute atomic E-state index is 0.00708. The lowest BCUT2D eigenvalue weighted by Crippen LogP contribution is -2.11. The van der Waals surface area contributed by atoms with Crippen LogP contribution in [0.25, 0.3) is 5.69 Å². The molecule has 2 aromatic heterocycles. The van der Waals surface area contributed by atoms with Crippen LogP contribution in [-0.4, -0.2) is 31.1 Å². The van der Waals surface area contributed by atoms with Gasteiger partial charge in [0.2, 0.25) is 0 Å². The summed E-state index contributed by atoms with van der Waals surface area (Å²) in [7, 11) is 0. The Bertz CT molecular complexity index is 984. The van der Waals surface area contributed by atoms with Gasteiger partial charge in [0.1, 0.15) is 18.5 Å². The van der Waals surface area contributed by atoms with Gasteiger partial charge in [-0.2, -0.15) is 23.4 Å². The average Bonchev–Trinajstić information content (AvgIpc) is 3.20. The summed E-state index contributed by atoms with van der Waals surface area (Å²) in [5.41, 5.74) is -1.41. The van der Waals surface area contributed by atoms with Crippen molar-refractivity contribution in [2.75, 3.05) is 0 Å². The Morgan fingerprint density at radius 2 is 1.89 bits per heavy atom. The lowest BCUT2D eigenvalue weighted by atomic mass is 10.1. The number of halogens is 7. The molecule has 2 heterocycles. The van der Waals surface area contributed by atoms with Crippen molar-refractivity contribution in [1.29, 1.82) is 0 Å². The number of nitrogens with zero attached hydrogens (tertiary/aromatic N) is 4. The monoisotopic (exact) mass is 516 g/mol. The van der Waals surface area contributed by atoms with E-state index in [1.807, 2.05) is 0 Å². The molecule has 28 heavy (non-hydrogen) atoms. The molecule has 0 bridgehead atoms. The van der Waals surface area contributed by atoms with E-state index in [2.05, 4.69) is 10.2 Å². The molecule has 12 heteroatoms. The Labute approximate surface area is 167 Å². The standard InChI is InChI=1S/C16H11F6IN4O/c17-9-1-2-11(10(23)3-9)27-12(4-13(25-27)16(20,21)22)15(28)8-5-24-26(6-8)7-14(18)19/h1-6,14-15,28H,7H2. The second-order valence-corrected chi connectivity index (χ2v) is 6.91. The summed E-state index contributed by atoms with van der Waals surface area (Å²) >= 11 is 1.73. The number of hydrogen-bond donors (Lipinski definition) is 1. The molecule has 5 nitrogen and oxygen atoms in total. The molecule has 1 aromatic carbocycles. The summed E-state index contributed by atoms with van der Waals surface area (Å²) in [5, 5.41) is 17.7. The predicted octanol–water partition coefficient (Wildman–Crippen LogP) is 4.18. The highest BCUT2D eigenvalue weighted by molar-refractivity contribution is 14.1. The van der Waals surface area contributed by atoms with Crippen LogP contribution >= 0.6 is 22.6 Å². The zero-order chi connectivity index (χ0) is 20.6. The smallest absolute Gasteiger partial charge is 0.382 e. The van der Waals surface area contributed by atoms with Crippen LogP contribution in [0.3, 0.4) is 0 Å². The molecule has 3 rings (SSSR count). The topological polar surface area (TPSA) is 55.9 Å². The van der Waals surface area contributed by atoms with Crippen molar-refractivity contribution in [2.45, 2.75) is 25.3 Å². The maximum absolute atomic E-state index is 13.4. The molecule has 1 atom stereocenters. The Hall–Kier alpha value is -2.09. The highest BCUT2D eigenvalue weighted by Crippen LogP contribution is 2.34. The number of benzene rings is 1. The van der Waals surface area contributed by atoms with Crippen molar-refractivity contribution < 1.29 is 31.4 Å².